The molecule has 0 fully saturated rings. The van der Waals surface area contributed by atoms with Crippen LogP contribution in [-0.4, -0.2) is 36.3 Å². The van der Waals surface area contributed by atoms with Crippen molar-refractivity contribution in [2.24, 2.45) is 0 Å². The van der Waals surface area contributed by atoms with Crippen molar-refractivity contribution in [3.63, 3.8) is 0 Å². The lowest BCUT2D eigenvalue weighted by atomic mass is 10.6. The highest BCUT2D eigenvalue weighted by molar-refractivity contribution is 7.48. The van der Waals surface area contributed by atoms with Gasteiger partial charge in [0, 0.05) is 27.4 Å². The third-order valence-corrected chi connectivity index (χ3v) is 5.54. The van der Waals surface area contributed by atoms with Crippen molar-refractivity contribution < 1.29 is 27.6 Å². The summed E-state index contributed by atoms with van der Waals surface area (Å²) >= 11 is 0. The van der Waals surface area contributed by atoms with Crippen LogP contribution in [0.5, 0.6) is 0 Å². The van der Waals surface area contributed by atoms with Crippen molar-refractivity contribution in [2.75, 3.05) is 27.5 Å². The maximum Gasteiger partial charge on any atom is 0.500 e. The Labute approximate surface area is 84.7 Å². The number of hydrogen-bond donors (Lipinski definition) is 0. The minimum Gasteiger partial charge on any atom is -0.811 e. The Bertz CT molecular complexity index is 192. The van der Waals surface area contributed by atoms with Crippen LogP contribution in [0.3, 0.4) is 0 Å². The maximum absolute atomic E-state index is 10.3. The first-order chi connectivity index (χ1) is 6.39. The van der Waals surface area contributed by atoms with Crippen molar-refractivity contribution in [1.29, 1.82) is 0 Å². The molecule has 6 nitrogen and oxygen atoms in total. The Balaban J connectivity index is 4.01. The molecule has 0 unspecified atom stereocenters. The van der Waals surface area contributed by atoms with Crippen LogP contribution in [0.2, 0.25) is 6.04 Å². The Morgan fingerprint density at radius 2 is 1.57 bits per heavy atom. The van der Waals surface area contributed by atoms with Gasteiger partial charge in [0.15, 0.2) is 0 Å². The van der Waals surface area contributed by atoms with E-state index in [4.69, 9.17) is 13.3 Å². The molecule has 0 spiro atoms. The molecule has 0 aliphatic rings. The summed E-state index contributed by atoms with van der Waals surface area (Å²) in [6, 6.07) is 0.324. The molecule has 86 valence electrons. The van der Waals surface area contributed by atoms with Crippen LogP contribution in [0.1, 0.15) is 6.42 Å². The smallest absolute Gasteiger partial charge is 0.500 e. The maximum atomic E-state index is 10.3. The molecular formula is C6H15O6PSi-2. The normalized spacial score (nSPS) is 13.2. The molecule has 0 saturated carbocycles. The van der Waals surface area contributed by atoms with Crippen LogP contribution in [0, 0.1) is 0 Å². The fourth-order valence-corrected chi connectivity index (χ4v) is 3.61. The topological polar surface area (TPSA) is 90.9 Å². The van der Waals surface area contributed by atoms with Gasteiger partial charge in [-0.25, -0.2) is 0 Å². The first kappa shape index (κ1) is 14.2. The van der Waals surface area contributed by atoms with Gasteiger partial charge in [-0.2, -0.15) is 0 Å². The molecule has 0 aromatic rings. The molecule has 0 aliphatic heterocycles. The van der Waals surface area contributed by atoms with Crippen molar-refractivity contribution in [1.82, 2.24) is 0 Å². The first-order valence-electron chi connectivity index (χ1n) is 4.05. The van der Waals surface area contributed by atoms with Crippen LogP contribution < -0.4 is 9.79 Å². The molecule has 0 bridgehead atoms. The highest BCUT2D eigenvalue weighted by Crippen LogP contribution is 2.27. The fraction of sp³-hybridized carbons (Fsp3) is 1.00. The molecular weight excluding hydrogens is 227 g/mol. The SMILES string of the molecule is CO[Si](CCCP(=O)([O-])[O-])(OC)OC. The van der Waals surface area contributed by atoms with E-state index in [0.29, 0.717) is 6.04 Å². The minimum absolute atomic E-state index is 0.200. The molecule has 0 amide bonds. The van der Waals surface area contributed by atoms with Crippen LogP contribution in [0.4, 0.5) is 0 Å². The Morgan fingerprint density at radius 3 is 1.86 bits per heavy atom. The van der Waals surface area contributed by atoms with Gasteiger partial charge in [0.2, 0.25) is 0 Å². The van der Waals surface area contributed by atoms with E-state index >= 15 is 0 Å². The second-order valence-corrected chi connectivity index (χ2v) is 7.49. The highest BCUT2D eigenvalue weighted by Gasteiger charge is 2.36. The van der Waals surface area contributed by atoms with Gasteiger partial charge in [-0.3, -0.25) is 0 Å². The Kier molecular flexibility index (Phi) is 6.07. The van der Waals surface area contributed by atoms with Gasteiger partial charge in [0.05, 0.1) is 0 Å². The van der Waals surface area contributed by atoms with Gasteiger partial charge in [-0.05, 0) is 12.6 Å². The molecule has 0 atom stereocenters. The molecule has 0 heterocycles. The summed E-state index contributed by atoms with van der Waals surface area (Å²) in [4.78, 5) is 20.7. The van der Waals surface area contributed by atoms with Crippen LogP contribution in [0.25, 0.3) is 0 Å². The predicted molar refractivity (Wildman–Crippen MR) is 48.7 cm³/mol. The zero-order valence-corrected chi connectivity index (χ0v) is 10.4. The van der Waals surface area contributed by atoms with Gasteiger partial charge in [0.25, 0.3) is 0 Å². The lowest BCUT2D eigenvalue weighted by molar-refractivity contribution is -0.313. The second-order valence-electron chi connectivity index (χ2n) is 2.73. The number of rotatable bonds is 7. The molecule has 0 N–H and O–H groups in total. The molecule has 0 rings (SSSR count). The Morgan fingerprint density at radius 1 is 1.14 bits per heavy atom. The summed E-state index contributed by atoms with van der Waals surface area (Å²) < 4.78 is 25.5. The summed E-state index contributed by atoms with van der Waals surface area (Å²) in [6.07, 6.45) is -0.191. The summed E-state index contributed by atoms with van der Waals surface area (Å²) in [5, 5.41) is 0. The van der Waals surface area contributed by atoms with E-state index < -0.39 is 22.6 Å². The monoisotopic (exact) mass is 242 g/mol. The first-order valence-corrected chi connectivity index (χ1v) is 7.71. The molecule has 0 aromatic heterocycles. The largest absolute Gasteiger partial charge is 0.811 e. The van der Waals surface area contributed by atoms with Crippen molar-refractivity contribution >= 4 is 16.4 Å². The zero-order valence-electron chi connectivity index (χ0n) is 8.52. The van der Waals surface area contributed by atoms with Crippen LogP contribution in [-0.2, 0) is 17.8 Å². The van der Waals surface area contributed by atoms with E-state index in [-0.39, 0.29) is 6.42 Å². The van der Waals surface area contributed by atoms with Gasteiger partial charge in [-0.1, -0.05) is 7.60 Å². The van der Waals surface area contributed by atoms with E-state index in [2.05, 4.69) is 0 Å². The van der Waals surface area contributed by atoms with Gasteiger partial charge in [-0.15, -0.1) is 0 Å². The van der Waals surface area contributed by atoms with E-state index in [0.717, 1.165) is 0 Å². The molecule has 0 saturated heterocycles. The third kappa shape index (κ3) is 5.21. The van der Waals surface area contributed by atoms with Crippen LogP contribution in [0.15, 0.2) is 0 Å². The van der Waals surface area contributed by atoms with Crippen LogP contribution >= 0.6 is 7.60 Å². The molecule has 14 heavy (non-hydrogen) atoms. The predicted octanol–water partition coefficient (Wildman–Crippen LogP) is -0.832. The van der Waals surface area contributed by atoms with E-state index in [9.17, 15) is 14.4 Å². The number of hydrogen-bond acceptors (Lipinski definition) is 6. The second kappa shape index (κ2) is 5.97. The quantitative estimate of drug-likeness (QED) is 0.427. The fourth-order valence-electron chi connectivity index (χ4n) is 1.05. The van der Waals surface area contributed by atoms with E-state index in [1.807, 2.05) is 0 Å². The van der Waals surface area contributed by atoms with Crippen molar-refractivity contribution in [2.45, 2.75) is 12.5 Å². The van der Waals surface area contributed by atoms with E-state index in [1.165, 1.54) is 21.3 Å². The average Bonchev–Trinajstić information content (AvgIpc) is 2.11. The summed E-state index contributed by atoms with van der Waals surface area (Å²) in [5.74, 6) is 0. The van der Waals surface area contributed by atoms with Gasteiger partial charge in [0.1, 0.15) is 0 Å². The molecule has 0 radical (unpaired) electrons. The highest BCUT2D eigenvalue weighted by atomic mass is 31.2. The summed E-state index contributed by atoms with van der Waals surface area (Å²) in [6.45, 7) is 0. The third-order valence-electron chi connectivity index (χ3n) is 1.85. The zero-order chi connectivity index (χ0) is 11.2. The van der Waals surface area contributed by atoms with Crippen molar-refractivity contribution in [3.05, 3.63) is 0 Å². The molecule has 0 aliphatic carbocycles. The summed E-state index contributed by atoms with van der Waals surface area (Å²) in [7, 11) is -2.83. The van der Waals surface area contributed by atoms with Gasteiger partial charge >= 0.3 is 8.80 Å². The minimum atomic E-state index is -4.43. The summed E-state index contributed by atoms with van der Waals surface area (Å²) in [5.41, 5.74) is 0. The van der Waals surface area contributed by atoms with E-state index in [1.54, 1.807) is 0 Å². The lowest BCUT2D eigenvalue weighted by Crippen LogP contribution is -2.42. The average molecular weight is 242 g/mol. The van der Waals surface area contributed by atoms with Gasteiger partial charge < -0.3 is 27.6 Å². The van der Waals surface area contributed by atoms with Crippen molar-refractivity contribution in [3.8, 4) is 0 Å². The molecule has 8 heteroatoms. The molecule has 0 aromatic carbocycles. The standard InChI is InChI=1S/C6H17O6PSi/c1-10-14(11-2,12-3)6-4-5-13(7,8)9/h4-6H2,1-3H3,(H2,7,8,9)/p-2. The Hall–Kier alpha value is 0.247. The lowest BCUT2D eigenvalue weighted by Gasteiger charge is -2.31.